The normalized spacial score (nSPS) is 17.2. The highest BCUT2D eigenvalue weighted by molar-refractivity contribution is 8.00. The van der Waals surface area contributed by atoms with Gasteiger partial charge in [-0.2, -0.15) is 0 Å². The van der Waals surface area contributed by atoms with Gasteiger partial charge in [0, 0.05) is 11.4 Å². The predicted octanol–water partition coefficient (Wildman–Crippen LogP) is 1.44. The quantitative estimate of drug-likeness (QED) is 0.848. The molecule has 1 aliphatic heterocycles. The molecule has 4 nitrogen and oxygen atoms in total. The first kappa shape index (κ1) is 13.3. The van der Waals surface area contributed by atoms with Crippen LogP contribution >= 0.6 is 11.8 Å². The number of carbonyl (C=O) groups is 1. The SMILES string of the molecule is NCC(C(=O)O)c1ccc(SC2COC2)c(F)c1. The molecule has 1 aromatic rings. The van der Waals surface area contributed by atoms with Gasteiger partial charge in [0.1, 0.15) is 5.82 Å². The van der Waals surface area contributed by atoms with Crippen molar-refractivity contribution in [3.05, 3.63) is 29.6 Å². The number of rotatable bonds is 5. The van der Waals surface area contributed by atoms with Gasteiger partial charge in [0.2, 0.25) is 0 Å². The van der Waals surface area contributed by atoms with Crippen LogP contribution in [0.2, 0.25) is 0 Å². The molecule has 0 bridgehead atoms. The summed E-state index contributed by atoms with van der Waals surface area (Å²) in [6.45, 7) is 1.22. The Kier molecular flexibility index (Phi) is 4.21. The maximum atomic E-state index is 13.8. The number of benzene rings is 1. The van der Waals surface area contributed by atoms with Gasteiger partial charge in [-0.15, -0.1) is 11.8 Å². The Hall–Kier alpha value is -1.11. The molecule has 1 atom stereocenters. The average Bonchev–Trinajstić information content (AvgIpc) is 2.26. The van der Waals surface area contributed by atoms with Gasteiger partial charge < -0.3 is 15.6 Å². The Labute approximate surface area is 108 Å². The van der Waals surface area contributed by atoms with Crippen LogP contribution in [-0.4, -0.2) is 36.1 Å². The smallest absolute Gasteiger partial charge is 0.312 e. The molecule has 1 aromatic carbocycles. The second-order valence-electron chi connectivity index (χ2n) is 4.09. The van der Waals surface area contributed by atoms with E-state index < -0.39 is 17.7 Å². The highest BCUT2D eigenvalue weighted by atomic mass is 32.2. The number of ether oxygens (including phenoxy) is 1. The Morgan fingerprint density at radius 3 is 2.78 bits per heavy atom. The van der Waals surface area contributed by atoms with E-state index in [2.05, 4.69) is 0 Å². The summed E-state index contributed by atoms with van der Waals surface area (Å²) in [5, 5.41) is 9.24. The van der Waals surface area contributed by atoms with E-state index in [0.29, 0.717) is 23.7 Å². The molecule has 0 radical (unpaired) electrons. The van der Waals surface area contributed by atoms with Gasteiger partial charge in [0.05, 0.1) is 24.4 Å². The number of carboxylic acids is 1. The molecule has 1 saturated heterocycles. The molecule has 6 heteroatoms. The van der Waals surface area contributed by atoms with Crippen molar-refractivity contribution in [3.63, 3.8) is 0 Å². The molecule has 3 N–H and O–H groups in total. The van der Waals surface area contributed by atoms with Crippen LogP contribution in [0.5, 0.6) is 0 Å². The molecular weight excluding hydrogens is 257 g/mol. The van der Waals surface area contributed by atoms with Crippen LogP contribution in [0.4, 0.5) is 4.39 Å². The van der Waals surface area contributed by atoms with E-state index in [4.69, 9.17) is 15.6 Å². The number of carboxylic acid groups (broad SMARTS) is 1. The summed E-state index contributed by atoms with van der Waals surface area (Å²) in [7, 11) is 0. The number of hydrogen-bond acceptors (Lipinski definition) is 4. The topological polar surface area (TPSA) is 72.6 Å². The zero-order chi connectivity index (χ0) is 13.1. The molecular formula is C12H14FNO3S. The monoisotopic (exact) mass is 271 g/mol. The minimum absolute atomic E-state index is 0.0439. The molecule has 0 saturated carbocycles. The first-order valence-corrected chi connectivity index (χ1v) is 6.46. The lowest BCUT2D eigenvalue weighted by atomic mass is 9.99. The molecule has 0 amide bonds. The van der Waals surface area contributed by atoms with Crippen molar-refractivity contribution in [1.82, 2.24) is 0 Å². The summed E-state index contributed by atoms with van der Waals surface area (Å²) in [5.41, 5.74) is 5.78. The van der Waals surface area contributed by atoms with Crippen LogP contribution in [0.1, 0.15) is 11.5 Å². The maximum absolute atomic E-state index is 13.8. The largest absolute Gasteiger partial charge is 0.481 e. The first-order valence-electron chi connectivity index (χ1n) is 5.58. The van der Waals surface area contributed by atoms with E-state index in [9.17, 15) is 9.18 Å². The summed E-state index contributed by atoms with van der Waals surface area (Å²) in [4.78, 5) is 11.5. The number of aliphatic carboxylic acids is 1. The van der Waals surface area contributed by atoms with Crippen LogP contribution in [0, 0.1) is 5.82 Å². The highest BCUT2D eigenvalue weighted by Gasteiger charge is 2.23. The zero-order valence-corrected chi connectivity index (χ0v) is 10.5. The molecule has 1 heterocycles. The van der Waals surface area contributed by atoms with Gasteiger partial charge in [-0.05, 0) is 17.7 Å². The van der Waals surface area contributed by atoms with Gasteiger partial charge in [0.25, 0.3) is 0 Å². The van der Waals surface area contributed by atoms with Gasteiger partial charge in [0.15, 0.2) is 0 Å². The van der Waals surface area contributed by atoms with Crippen LogP contribution in [0.3, 0.4) is 0 Å². The Morgan fingerprint density at radius 1 is 1.61 bits per heavy atom. The average molecular weight is 271 g/mol. The highest BCUT2D eigenvalue weighted by Crippen LogP contribution is 2.31. The van der Waals surface area contributed by atoms with Crippen LogP contribution in [0.25, 0.3) is 0 Å². The van der Waals surface area contributed by atoms with Crippen molar-refractivity contribution in [2.24, 2.45) is 5.73 Å². The van der Waals surface area contributed by atoms with E-state index >= 15 is 0 Å². The lowest BCUT2D eigenvalue weighted by Crippen LogP contribution is -2.30. The third kappa shape index (κ3) is 2.82. The number of hydrogen-bond donors (Lipinski definition) is 2. The second kappa shape index (κ2) is 5.69. The molecule has 0 aliphatic carbocycles. The Morgan fingerprint density at radius 2 is 2.33 bits per heavy atom. The van der Waals surface area contributed by atoms with Crippen molar-refractivity contribution >= 4 is 17.7 Å². The zero-order valence-electron chi connectivity index (χ0n) is 9.64. The van der Waals surface area contributed by atoms with Crippen molar-refractivity contribution in [2.75, 3.05) is 19.8 Å². The summed E-state index contributed by atoms with van der Waals surface area (Å²) in [6.07, 6.45) is 0. The predicted molar refractivity (Wildman–Crippen MR) is 66.3 cm³/mol. The lowest BCUT2D eigenvalue weighted by molar-refractivity contribution is -0.138. The first-order chi connectivity index (χ1) is 8.61. The number of thioether (sulfide) groups is 1. The summed E-state index contributed by atoms with van der Waals surface area (Å²) >= 11 is 1.41. The van der Waals surface area contributed by atoms with E-state index in [1.807, 2.05) is 0 Å². The van der Waals surface area contributed by atoms with Gasteiger partial charge in [-0.25, -0.2) is 4.39 Å². The molecule has 98 valence electrons. The molecule has 0 spiro atoms. The summed E-state index contributed by atoms with van der Waals surface area (Å²) in [5.74, 6) is -2.29. The third-order valence-electron chi connectivity index (χ3n) is 2.79. The van der Waals surface area contributed by atoms with E-state index in [-0.39, 0.29) is 11.8 Å². The standard InChI is InChI=1S/C12H14FNO3S/c13-10-3-7(9(4-14)12(15)16)1-2-11(10)18-8-5-17-6-8/h1-3,8-9H,4-6,14H2,(H,15,16). The van der Waals surface area contributed by atoms with Crippen molar-refractivity contribution in [2.45, 2.75) is 16.1 Å². The van der Waals surface area contributed by atoms with E-state index in [0.717, 1.165) is 0 Å². The number of nitrogens with two attached hydrogens (primary N) is 1. The van der Waals surface area contributed by atoms with Crippen molar-refractivity contribution < 1.29 is 19.0 Å². The molecule has 2 rings (SSSR count). The summed E-state index contributed by atoms with van der Waals surface area (Å²) < 4.78 is 18.9. The fourth-order valence-electron chi connectivity index (χ4n) is 1.67. The molecule has 18 heavy (non-hydrogen) atoms. The minimum atomic E-state index is -1.04. The molecule has 1 fully saturated rings. The number of halogens is 1. The second-order valence-corrected chi connectivity index (χ2v) is 5.44. The maximum Gasteiger partial charge on any atom is 0.312 e. The van der Waals surface area contributed by atoms with Crippen LogP contribution < -0.4 is 5.73 Å². The van der Waals surface area contributed by atoms with Crippen molar-refractivity contribution in [3.8, 4) is 0 Å². The van der Waals surface area contributed by atoms with Crippen LogP contribution in [-0.2, 0) is 9.53 Å². The molecule has 1 aliphatic rings. The minimum Gasteiger partial charge on any atom is -0.481 e. The Balaban J connectivity index is 2.15. The summed E-state index contributed by atoms with van der Waals surface area (Å²) in [6, 6.07) is 4.49. The Bertz CT molecular complexity index is 451. The third-order valence-corrected chi connectivity index (χ3v) is 3.98. The fraction of sp³-hybridized carbons (Fsp3) is 0.417. The molecule has 1 unspecified atom stereocenters. The molecule has 0 aromatic heterocycles. The van der Waals surface area contributed by atoms with Crippen molar-refractivity contribution in [1.29, 1.82) is 0 Å². The van der Waals surface area contributed by atoms with E-state index in [1.165, 1.54) is 17.8 Å². The van der Waals surface area contributed by atoms with Gasteiger partial charge in [-0.3, -0.25) is 4.79 Å². The lowest BCUT2D eigenvalue weighted by Gasteiger charge is -2.25. The van der Waals surface area contributed by atoms with Crippen LogP contribution in [0.15, 0.2) is 23.1 Å². The fourth-order valence-corrected chi connectivity index (χ4v) is 2.68. The van der Waals surface area contributed by atoms with Gasteiger partial charge in [-0.1, -0.05) is 6.07 Å². The van der Waals surface area contributed by atoms with E-state index in [1.54, 1.807) is 12.1 Å². The van der Waals surface area contributed by atoms with Gasteiger partial charge >= 0.3 is 5.97 Å².